The van der Waals surface area contributed by atoms with Gasteiger partial charge >= 0.3 is 12.0 Å². The monoisotopic (exact) mass is 362 g/mol. The molecule has 1 aromatic rings. The van der Waals surface area contributed by atoms with Gasteiger partial charge in [0, 0.05) is 12.5 Å². The van der Waals surface area contributed by atoms with Gasteiger partial charge in [0.2, 0.25) is 0 Å². The van der Waals surface area contributed by atoms with E-state index in [1.165, 1.54) is 0 Å². The van der Waals surface area contributed by atoms with Gasteiger partial charge in [0.1, 0.15) is 5.75 Å². The van der Waals surface area contributed by atoms with E-state index in [9.17, 15) is 14.4 Å². The third-order valence-electron chi connectivity index (χ3n) is 4.09. The smallest absolute Gasteiger partial charge is 0.321 e. The maximum atomic E-state index is 11.6. The molecule has 142 valence electrons. The number of rotatable bonds is 8. The quantitative estimate of drug-likeness (QED) is 0.547. The average molecular weight is 362 g/mol. The molecule has 1 aliphatic rings. The standard InChI is InChI=1S/C19H26N2O5/c1-14-6-4-9-16(12-14)25-11-5-10-18(23)26-13-17(22)21-19(24)20-15-7-2-3-8-15/h4,6,9,12,15H,2-3,5,7-8,10-11,13H2,1H3,(H2,20,21,22,24). The molecule has 1 fully saturated rings. The SMILES string of the molecule is Cc1cccc(OCCCC(=O)OCC(=O)NC(=O)NC2CCCC2)c1. The van der Waals surface area contributed by atoms with Gasteiger partial charge in [-0.15, -0.1) is 0 Å². The molecule has 0 saturated heterocycles. The number of nitrogens with one attached hydrogen (secondary N) is 2. The zero-order valence-corrected chi connectivity index (χ0v) is 15.1. The first-order valence-electron chi connectivity index (χ1n) is 8.98. The van der Waals surface area contributed by atoms with Crippen LogP contribution >= 0.6 is 0 Å². The molecule has 0 aromatic heterocycles. The second kappa shape index (κ2) is 10.4. The maximum Gasteiger partial charge on any atom is 0.321 e. The highest BCUT2D eigenvalue weighted by Gasteiger charge is 2.18. The van der Waals surface area contributed by atoms with Crippen LogP contribution in [-0.4, -0.2) is 37.2 Å². The molecular formula is C19H26N2O5. The fourth-order valence-corrected chi connectivity index (χ4v) is 2.78. The number of ether oxygens (including phenoxy) is 2. The Morgan fingerprint density at radius 3 is 2.69 bits per heavy atom. The largest absolute Gasteiger partial charge is 0.494 e. The van der Waals surface area contributed by atoms with Gasteiger partial charge in [0.15, 0.2) is 6.61 Å². The van der Waals surface area contributed by atoms with E-state index >= 15 is 0 Å². The molecule has 2 N–H and O–H groups in total. The zero-order chi connectivity index (χ0) is 18.8. The molecule has 2 rings (SSSR count). The predicted octanol–water partition coefficient (Wildman–Crippen LogP) is 2.47. The van der Waals surface area contributed by atoms with Crippen molar-refractivity contribution in [3.8, 4) is 5.75 Å². The van der Waals surface area contributed by atoms with E-state index in [4.69, 9.17) is 9.47 Å². The van der Waals surface area contributed by atoms with Crippen molar-refractivity contribution in [2.45, 2.75) is 51.5 Å². The molecule has 7 heteroatoms. The highest BCUT2D eigenvalue weighted by Crippen LogP contribution is 2.17. The van der Waals surface area contributed by atoms with Gasteiger partial charge in [-0.25, -0.2) is 4.79 Å². The Bertz CT molecular complexity index is 626. The first-order valence-corrected chi connectivity index (χ1v) is 8.98. The van der Waals surface area contributed by atoms with E-state index in [-0.39, 0.29) is 12.5 Å². The molecule has 1 aliphatic carbocycles. The first kappa shape index (κ1) is 19.8. The predicted molar refractivity (Wildman–Crippen MR) is 95.8 cm³/mol. The fraction of sp³-hybridized carbons (Fsp3) is 0.526. The molecule has 7 nitrogen and oxygen atoms in total. The van der Waals surface area contributed by atoms with E-state index in [0.717, 1.165) is 37.0 Å². The van der Waals surface area contributed by atoms with E-state index < -0.39 is 24.5 Å². The van der Waals surface area contributed by atoms with Crippen LogP contribution < -0.4 is 15.4 Å². The van der Waals surface area contributed by atoms with E-state index in [2.05, 4.69) is 10.6 Å². The molecule has 0 radical (unpaired) electrons. The average Bonchev–Trinajstić information content (AvgIpc) is 3.10. The molecule has 0 unspecified atom stereocenters. The zero-order valence-electron chi connectivity index (χ0n) is 15.1. The van der Waals surface area contributed by atoms with Gasteiger partial charge in [-0.2, -0.15) is 0 Å². The Balaban J connectivity index is 1.53. The number of aryl methyl sites for hydroxylation is 1. The first-order chi connectivity index (χ1) is 12.5. The molecule has 3 amide bonds. The van der Waals surface area contributed by atoms with E-state index in [1.54, 1.807) is 0 Å². The van der Waals surface area contributed by atoms with Crippen LogP contribution in [0.25, 0.3) is 0 Å². The van der Waals surface area contributed by atoms with Crippen LogP contribution in [0.15, 0.2) is 24.3 Å². The minimum atomic E-state index is -0.634. The number of imide groups is 1. The third-order valence-corrected chi connectivity index (χ3v) is 4.09. The summed E-state index contributed by atoms with van der Waals surface area (Å²) in [6, 6.07) is 7.23. The number of hydrogen-bond acceptors (Lipinski definition) is 5. The van der Waals surface area contributed by atoms with Crippen molar-refractivity contribution >= 4 is 17.9 Å². The lowest BCUT2D eigenvalue weighted by Crippen LogP contribution is -2.44. The highest BCUT2D eigenvalue weighted by molar-refractivity contribution is 5.95. The Kier molecular flexibility index (Phi) is 7.92. The third kappa shape index (κ3) is 7.55. The number of carbonyl (C=O) groups is 3. The number of urea groups is 1. The highest BCUT2D eigenvalue weighted by atomic mass is 16.5. The molecular weight excluding hydrogens is 336 g/mol. The minimum absolute atomic E-state index is 0.124. The summed E-state index contributed by atoms with van der Waals surface area (Å²) in [7, 11) is 0. The lowest BCUT2D eigenvalue weighted by Gasteiger charge is -2.12. The number of amides is 3. The summed E-state index contributed by atoms with van der Waals surface area (Å²) in [5, 5.41) is 4.90. The molecule has 0 bridgehead atoms. The van der Waals surface area contributed by atoms with Gasteiger partial charge in [0.05, 0.1) is 6.61 Å². The number of hydrogen-bond donors (Lipinski definition) is 2. The van der Waals surface area contributed by atoms with Crippen LogP contribution in [0.1, 0.15) is 44.1 Å². The topological polar surface area (TPSA) is 93.7 Å². The number of carbonyl (C=O) groups excluding carboxylic acids is 3. The molecule has 0 atom stereocenters. The van der Waals surface area contributed by atoms with Crippen LogP contribution in [0.3, 0.4) is 0 Å². The Labute approximate surface area is 153 Å². The van der Waals surface area contributed by atoms with Crippen LogP contribution in [0.2, 0.25) is 0 Å². The van der Waals surface area contributed by atoms with Crippen LogP contribution in [-0.2, 0) is 14.3 Å². The lowest BCUT2D eigenvalue weighted by atomic mass is 10.2. The summed E-state index contributed by atoms with van der Waals surface area (Å²) < 4.78 is 10.4. The molecule has 1 saturated carbocycles. The Morgan fingerprint density at radius 1 is 1.19 bits per heavy atom. The van der Waals surface area contributed by atoms with E-state index in [1.807, 2.05) is 31.2 Å². The van der Waals surface area contributed by atoms with Crippen molar-refractivity contribution in [1.29, 1.82) is 0 Å². The van der Waals surface area contributed by atoms with Gasteiger partial charge in [-0.3, -0.25) is 14.9 Å². The number of benzene rings is 1. The molecule has 0 spiro atoms. The van der Waals surface area contributed by atoms with Crippen molar-refractivity contribution in [2.75, 3.05) is 13.2 Å². The second-order valence-corrected chi connectivity index (χ2v) is 6.43. The van der Waals surface area contributed by atoms with E-state index in [0.29, 0.717) is 13.0 Å². The summed E-state index contributed by atoms with van der Waals surface area (Å²) in [4.78, 5) is 34.8. The van der Waals surface area contributed by atoms with Gasteiger partial charge in [0.25, 0.3) is 5.91 Å². The second-order valence-electron chi connectivity index (χ2n) is 6.43. The Hall–Kier alpha value is -2.57. The molecule has 0 aliphatic heterocycles. The summed E-state index contributed by atoms with van der Waals surface area (Å²) in [5.74, 6) is -0.375. The fourth-order valence-electron chi connectivity index (χ4n) is 2.78. The summed E-state index contributed by atoms with van der Waals surface area (Å²) in [5.41, 5.74) is 1.10. The normalized spacial score (nSPS) is 13.9. The van der Waals surface area contributed by atoms with Crippen molar-refractivity contribution in [2.24, 2.45) is 0 Å². The van der Waals surface area contributed by atoms with Crippen molar-refractivity contribution in [3.05, 3.63) is 29.8 Å². The lowest BCUT2D eigenvalue weighted by molar-refractivity contribution is -0.148. The number of esters is 1. The van der Waals surface area contributed by atoms with Crippen LogP contribution in [0.5, 0.6) is 5.75 Å². The van der Waals surface area contributed by atoms with Crippen molar-refractivity contribution < 1.29 is 23.9 Å². The van der Waals surface area contributed by atoms with Crippen molar-refractivity contribution in [3.63, 3.8) is 0 Å². The van der Waals surface area contributed by atoms with Crippen LogP contribution in [0.4, 0.5) is 4.79 Å². The van der Waals surface area contributed by atoms with Crippen LogP contribution in [0, 0.1) is 6.92 Å². The Morgan fingerprint density at radius 2 is 1.96 bits per heavy atom. The molecule has 26 heavy (non-hydrogen) atoms. The van der Waals surface area contributed by atoms with Crippen molar-refractivity contribution in [1.82, 2.24) is 10.6 Å². The molecule has 0 heterocycles. The minimum Gasteiger partial charge on any atom is -0.494 e. The summed E-state index contributed by atoms with van der Waals surface area (Å²) in [6.07, 6.45) is 4.67. The van der Waals surface area contributed by atoms with Gasteiger partial charge < -0.3 is 14.8 Å². The summed E-state index contributed by atoms with van der Waals surface area (Å²) >= 11 is 0. The van der Waals surface area contributed by atoms with Gasteiger partial charge in [-0.05, 0) is 43.9 Å². The van der Waals surface area contributed by atoms with Gasteiger partial charge in [-0.1, -0.05) is 25.0 Å². The molecule has 1 aromatic carbocycles. The summed E-state index contributed by atoms with van der Waals surface area (Å²) in [6.45, 7) is 1.90. The maximum absolute atomic E-state index is 11.6.